The summed E-state index contributed by atoms with van der Waals surface area (Å²) in [4.78, 5) is 38.3. The zero-order valence-corrected chi connectivity index (χ0v) is 47.5. The molecule has 0 N–H and O–H groups in total. The van der Waals surface area contributed by atoms with E-state index in [9.17, 15) is 14.4 Å². The number of carbonyl (C=O) groups excluding carboxylic acids is 3. The van der Waals surface area contributed by atoms with Gasteiger partial charge in [-0.15, -0.1) is 0 Å². The largest absolute Gasteiger partial charge is 0.462 e. The average Bonchev–Trinajstić information content (AvgIpc) is 3.37. The van der Waals surface area contributed by atoms with Crippen LogP contribution in [0.4, 0.5) is 0 Å². The molecule has 0 amide bonds. The Morgan fingerprint density at radius 3 is 0.817 bits per heavy atom. The molecule has 1 atom stereocenters. The van der Waals surface area contributed by atoms with E-state index in [2.05, 4.69) is 69.4 Å². The molecule has 414 valence electrons. The summed E-state index contributed by atoms with van der Waals surface area (Å²) < 4.78 is 16.9. The Morgan fingerprint density at radius 2 is 0.507 bits per heavy atom. The molecule has 0 aromatic carbocycles. The van der Waals surface area contributed by atoms with Crippen LogP contribution in [0.2, 0.25) is 0 Å². The highest BCUT2D eigenvalue weighted by molar-refractivity contribution is 5.71. The van der Waals surface area contributed by atoms with E-state index in [1.54, 1.807) is 0 Å². The van der Waals surface area contributed by atoms with Crippen LogP contribution in [0.1, 0.15) is 329 Å². The van der Waals surface area contributed by atoms with Crippen LogP contribution in [0.15, 0.2) is 48.6 Å². The molecule has 6 heteroatoms. The van der Waals surface area contributed by atoms with Crippen molar-refractivity contribution in [2.45, 2.75) is 335 Å². The van der Waals surface area contributed by atoms with Gasteiger partial charge < -0.3 is 14.2 Å². The van der Waals surface area contributed by atoms with E-state index >= 15 is 0 Å². The summed E-state index contributed by atoms with van der Waals surface area (Å²) in [7, 11) is 0. The normalized spacial score (nSPS) is 12.3. The highest BCUT2D eigenvalue weighted by atomic mass is 16.6. The third-order valence-electron chi connectivity index (χ3n) is 13.8. The highest BCUT2D eigenvalue weighted by Gasteiger charge is 2.19. The van der Waals surface area contributed by atoms with Gasteiger partial charge in [0.15, 0.2) is 6.10 Å². The number of carbonyl (C=O) groups is 3. The Balaban J connectivity index is 4.37. The van der Waals surface area contributed by atoms with Gasteiger partial charge in [-0.25, -0.2) is 0 Å². The maximum atomic E-state index is 12.9. The fourth-order valence-electron chi connectivity index (χ4n) is 9.13. The summed E-state index contributed by atoms with van der Waals surface area (Å²) >= 11 is 0. The van der Waals surface area contributed by atoms with Crippen molar-refractivity contribution in [3.05, 3.63) is 48.6 Å². The summed E-state index contributed by atoms with van der Waals surface area (Å²) in [6.45, 7) is 6.64. The Kier molecular flexibility index (Phi) is 57.7. The average molecular weight is 996 g/mol. The summed E-state index contributed by atoms with van der Waals surface area (Å²) in [5.74, 6) is -0.889. The molecule has 0 heterocycles. The van der Waals surface area contributed by atoms with Crippen LogP contribution >= 0.6 is 0 Å². The van der Waals surface area contributed by atoms with Crippen molar-refractivity contribution >= 4 is 17.9 Å². The monoisotopic (exact) mass is 995 g/mol. The molecule has 0 aliphatic rings. The molecule has 0 aromatic rings. The first-order valence-electron chi connectivity index (χ1n) is 31.1. The lowest BCUT2D eigenvalue weighted by Gasteiger charge is -2.18. The first-order chi connectivity index (χ1) is 35.0. The minimum atomic E-state index is -0.783. The number of allylic oxidation sites excluding steroid dienone is 8. The molecule has 0 unspecified atom stereocenters. The highest BCUT2D eigenvalue weighted by Crippen LogP contribution is 2.17. The van der Waals surface area contributed by atoms with Crippen LogP contribution in [0.3, 0.4) is 0 Å². The second-order valence-corrected chi connectivity index (χ2v) is 21.0. The SMILES string of the molecule is CCCCC/C=C\C/C=C\C/C=C\C/C=C\CCCCCC(=O)OC[C@H](COC(=O)CCCCCCCCCCCCCCCCCCCCC)OC(=O)CCCCCCCCCCCCCCCCC. The van der Waals surface area contributed by atoms with Crippen LogP contribution in [-0.4, -0.2) is 37.2 Å². The standard InChI is InChI=1S/C65H118O6/c1-4-7-10-13-16-19-22-25-28-30-32-34-37-39-42-45-48-51-54-57-63(66)69-60-62(71-65(68)59-56-53-50-47-44-41-36-27-24-21-18-15-12-9-6-3)61-70-64(67)58-55-52-49-46-43-40-38-35-33-31-29-26-23-20-17-14-11-8-5-2/h16,19,25,28,32,34,39,42,62H,4-15,17-18,20-24,26-27,29-31,33,35-38,40-41,43-61H2,1-3H3/b19-16-,28-25-,34-32-,42-39-/t62-/m1/s1. The maximum absolute atomic E-state index is 12.9. The van der Waals surface area contributed by atoms with Crippen LogP contribution < -0.4 is 0 Å². The Labute approximate surface area is 441 Å². The van der Waals surface area contributed by atoms with Crippen LogP contribution in [0.5, 0.6) is 0 Å². The molecular formula is C65H118O6. The number of esters is 3. The summed E-state index contributed by atoms with van der Waals surface area (Å²) in [5.41, 5.74) is 0. The van der Waals surface area contributed by atoms with E-state index in [-0.39, 0.29) is 31.1 Å². The topological polar surface area (TPSA) is 78.9 Å². The van der Waals surface area contributed by atoms with E-state index in [0.29, 0.717) is 19.3 Å². The molecule has 0 fully saturated rings. The summed E-state index contributed by atoms with van der Waals surface area (Å²) in [6, 6.07) is 0. The van der Waals surface area contributed by atoms with Crippen molar-refractivity contribution in [1.29, 1.82) is 0 Å². The van der Waals surface area contributed by atoms with E-state index < -0.39 is 6.10 Å². The molecule has 0 aromatic heterocycles. The minimum absolute atomic E-state index is 0.0785. The van der Waals surface area contributed by atoms with Gasteiger partial charge in [0, 0.05) is 19.3 Å². The van der Waals surface area contributed by atoms with Crippen LogP contribution in [0.25, 0.3) is 0 Å². The number of hydrogen-bond acceptors (Lipinski definition) is 6. The minimum Gasteiger partial charge on any atom is -0.462 e. The van der Waals surface area contributed by atoms with E-state index in [1.807, 2.05) is 0 Å². The molecule has 0 rings (SSSR count). The van der Waals surface area contributed by atoms with Gasteiger partial charge in [-0.1, -0.05) is 294 Å². The molecule has 71 heavy (non-hydrogen) atoms. The predicted molar refractivity (Wildman–Crippen MR) is 307 cm³/mol. The van der Waals surface area contributed by atoms with E-state index in [1.165, 1.54) is 205 Å². The molecule has 0 aliphatic carbocycles. The second-order valence-electron chi connectivity index (χ2n) is 21.0. The molecule has 0 saturated heterocycles. The van der Waals surface area contributed by atoms with Gasteiger partial charge in [-0.2, -0.15) is 0 Å². The molecule has 0 radical (unpaired) electrons. The third kappa shape index (κ3) is 58.1. The maximum Gasteiger partial charge on any atom is 0.306 e. The van der Waals surface area contributed by atoms with Crippen molar-refractivity contribution in [3.63, 3.8) is 0 Å². The lowest BCUT2D eigenvalue weighted by molar-refractivity contribution is -0.167. The Hall–Kier alpha value is -2.63. The zero-order chi connectivity index (χ0) is 51.4. The predicted octanol–water partition coefficient (Wildman–Crippen LogP) is 21.0. The van der Waals surface area contributed by atoms with Gasteiger partial charge in [-0.3, -0.25) is 14.4 Å². The fourth-order valence-corrected chi connectivity index (χ4v) is 9.13. The van der Waals surface area contributed by atoms with Crippen LogP contribution in [0, 0.1) is 0 Å². The fraction of sp³-hybridized carbons (Fsp3) is 0.831. The molecule has 6 nitrogen and oxygen atoms in total. The number of ether oxygens (including phenoxy) is 3. The van der Waals surface area contributed by atoms with Crippen LogP contribution in [-0.2, 0) is 28.6 Å². The molecule has 0 bridgehead atoms. The van der Waals surface area contributed by atoms with Crippen molar-refractivity contribution in [2.75, 3.05) is 13.2 Å². The van der Waals surface area contributed by atoms with Crippen molar-refractivity contribution in [2.24, 2.45) is 0 Å². The van der Waals surface area contributed by atoms with E-state index in [0.717, 1.165) is 83.5 Å². The lowest BCUT2D eigenvalue weighted by atomic mass is 10.0. The first-order valence-corrected chi connectivity index (χ1v) is 31.1. The van der Waals surface area contributed by atoms with Crippen molar-refractivity contribution in [1.82, 2.24) is 0 Å². The van der Waals surface area contributed by atoms with Gasteiger partial charge in [0.1, 0.15) is 13.2 Å². The van der Waals surface area contributed by atoms with Gasteiger partial charge in [0.05, 0.1) is 0 Å². The van der Waals surface area contributed by atoms with E-state index in [4.69, 9.17) is 14.2 Å². The Bertz CT molecular complexity index is 1230. The molecule has 0 spiro atoms. The second kappa shape index (κ2) is 59.9. The summed E-state index contributed by atoms with van der Waals surface area (Å²) in [5, 5.41) is 0. The number of rotatable bonds is 57. The van der Waals surface area contributed by atoms with Gasteiger partial charge in [0.25, 0.3) is 0 Å². The van der Waals surface area contributed by atoms with Gasteiger partial charge in [-0.05, 0) is 64.2 Å². The van der Waals surface area contributed by atoms with Gasteiger partial charge >= 0.3 is 17.9 Å². The van der Waals surface area contributed by atoms with Crippen molar-refractivity contribution in [3.8, 4) is 0 Å². The quantitative estimate of drug-likeness (QED) is 0.0261. The van der Waals surface area contributed by atoms with Crippen molar-refractivity contribution < 1.29 is 28.6 Å². The zero-order valence-electron chi connectivity index (χ0n) is 47.5. The van der Waals surface area contributed by atoms with Gasteiger partial charge in [0.2, 0.25) is 0 Å². The molecule has 0 aliphatic heterocycles. The number of hydrogen-bond donors (Lipinski definition) is 0. The molecular weight excluding hydrogens is 877 g/mol. The number of unbranched alkanes of at least 4 members (excludes halogenated alkanes) is 38. The smallest absolute Gasteiger partial charge is 0.306 e. The first kappa shape index (κ1) is 68.4. The third-order valence-corrected chi connectivity index (χ3v) is 13.8. The molecule has 0 saturated carbocycles. The Morgan fingerprint density at radius 1 is 0.282 bits per heavy atom. The lowest BCUT2D eigenvalue weighted by Crippen LogP contribution is -2.30. The summed E-state index contributed by atoms with van der Waals surface area (Å²) in [6.07, 6.45) is 73.9.